The van der Waals surface area contributed by atoms with Crippen molar-refractivity contribution in [3.8, 4) is 0 Å². The van der Waals surface area contributed by atoms with Crippen molar-refractivity contribution < 1.29 is 31.2 Å². The summed E-state index contributed by atoms with van der Waals surface area (Å²) in [6.07, 6.45) is -4.57. The number of anilines is 1. The summed E-state index contributed by atoms with van der Waals surface area (Å²) < 4.78 is 62.0. The third-order valence-electron chi connectivity index (χ3n) is 3.76. The van der Waals surface area contributed by atoms with Gasteiger partial charge in [0.1, 0.15) is 6.54 Å². The van der Waals surface area contributed by atoms with Gasteiger partial charge in [0.25, 0.3) is 11.8 Å². The number of benzene rings is 2. The summed E-state index contributed by atoms with van der Waals surface area (Å²) in [7, 11) is -0.914. The monoisotopic (exact) mass is 429 g/mol. The van der Waals surface area contributed by atoms with Crippen molar-refractivity contribution in [1.82, 2.24) is 9.62 Å². The van der Waals surface area contributed by atoms with Crippen molar-refractivity contribution in [2.45, 2.75) is 11.1 Å². The number of halogens is 3. The van der Waals surface area contributed by atoms with Crippen LogP contribution in [0.1, 0.15) is 20.7 Å². The largest absolute Gasteiger partial charge is 0.405 e. The van der Waals surface area contributed by atoms with Gasteiger partial charge in [0.2, 0.25) is 10.0 Å². The Kier molecular flexibility index (Phi) is 6.65. The molecule has 0 heterocycles. The smallest absolute Gasteiger partial charge is 0.343 e. The molecule has 0 saturated carbocycles. The standard InChI is InChI=1S/C18H18F3N3O4S/c1-24(2)29(27,28)13-9-7-12(8-10-13)16(25)23-15-6-4-3-5-14(15)17(26)22-11-18(19,20)21/h3-10H,11H2,1-2H3,(H,22,26)(H,23,25). The molecular formula is C18H18F3N3O4S. The Bertz CT molecular complexity index is 1000. The van der Waals surface area contributed by atoms with Gasteiger partial charge in [0.05, 0.1) is 16.1 Å². The summed E-state index contributed by atoms with van der Waals surface area (Å²) >= 11 is 0. The normalized spacial score (nSPS) is 11.9. The van der Waals surface area contributed by atoms with Crippen LogP contribution in [-0.2, 0) is 10.0 Å². The van der Waals surface area contributed by atoms with E-state index >= 15 is 0 Å². The topological polar surface area (TPSA) is 95.6 Å². The number of nitrogens with one attached hydrogen (secondary N) is 2. The highest BCUT2D eigenvalue weighted by atomic mass is 32.2. The lowest BCUT2D eigenvalue weighted by Gasteiger charge is -2.13. The Labute approximate surface area is 165 Å². The first kappa shape index (κ1) is 22.4. The van der Waals surface area contributed by atoms with Crippen LogP contribution in [0, 0.1) is 0 Å². The molecule has 0 radical (unpaired) electrons. The molecule has 0 aliphatic rings. The summed E-state index contributed by atoms with van der Waals surface area (Å²) in [5, 5.41) is 4.19. The summed E-state index contributed by atoms with van der Waals surface area (Å²) in [4.78, 5) is 24.4. The van der Waals surface area contributed by atoms with E-state index in [4.69, 9.17) is 0 Å². The lowest BCUT2D eigenvalue weighted by atomic mass is 10.1. The van der Waals surface area contributed by atoms with Gasteiger partial charge < -0.3 is 10.6 Å². The molecule has 0 aromatic heterocycles. The van der Waals surface area contributed by atoms with E-state index in [9.17, 15) is 31.2 Å². The highest BCUT2D eigenvalue weighted by Gasteiger charge is 2.28. The van der Waals surface area contributed by atoms with Gasteiger partial charge in [0.15, 0.2) is 0 Å². The van der Waals surface area contributed by atoms with Crippen molar-refractivity contribution in [3.05, 3.63) is 59.7 Å². The molecule has 2 aromatic rings. The maximum Gasteiger partial charge on any atom is 0.405 e. The maximum absolute atomic E-state index is 12.4. The number of amides is 2. The van der Waals surface area contributed by atoms with Crippen LogP contribution in [0.3, 0.4) is 0 Å². The molecule has 2 amide bonds. The molecule has 2 rings (SSSR count). The summed E-state index contributed by atoms with van der Waals surface area (Å²) in [5.41, 5.74) is -0.0210. The average Bonchev–Trinajstić information content (AvgIpc) is 2.66. The molecule has 7 nitrogen and oxygen atoms in total. The SMILES string of the molecule is CN(C)S(=O)(=O)c1ccc(C(=O)Nc2ccccc2C(=O)NCC(F)(F)F)cc1. The Balaban J connectivity index is 2.18. The van der Waals surface area contributed by atoms with E-state index in [0.717, 1.165) is 4.31 Å². The highest BCUT2D eigenvalue weighted by Crippen LogP contribution is 2.19. The van der Waals surface area contributed by atoms with E-state index in [1.54, 1.807) is 5.32 Å². The van der Waals surface area contributed by atoms with Gasteiger partial charge in [-0.2, -0.15) is 13.2 Å². The van der Waals surface area contributed by atoms with Gasteiger partial charge in [-0.25, -0.2) is 12.7 Å². The lowest BCUT2D eigenvalue weighted by Crippen LogP contribution is -2.34. The minimum absolute atomic E-state index is 0.00835. The predicted molar refractivity (Wildman–Crippen MR) is 100 cm³/mol. The third kappa shape index (κ3) is 5.78. The quantitative estimate of drug-likeness (QED) is 0.738. The van der Waals surface area contributed by atoms with E-state index in [0.29, 0.717) is 0 Å². The van der Waals surface area contributed by atoms with E-state index in [-0.39, 0.29) is 21.7 Å². The van der Waals surface area contributed by atoms with Gasteiger partial charge in [-0.1, -0.05) is 12.1 Å². The number of rotatable bonds is 6. The summed E-state index contributed by atoms with van der Waals surface area (Å²) in [5.74, 6) is -1.65. The molecule has 156 valence electrons. The number of para-hydroxylation sites is 1. The third-order valence-corrected chi connectivity index (χ3v) is 5.59. The zero-order valence-electron chi connectivity index (χ0n) is 15.4. The second-order valence-electron chi connectivity index (χ2n) is 6.11. The lowest BCUT2D eigenvalue weighted by molar-refractivity contribution is -0.123. The Morgan fingerprint density at radius 2 is 1.55 bits per heavy atom. The number of carbonyl (C=O) groups excluding carboxylic acids is 2. The first-order valence-corrected chi connectivity index (χ1v) is 9.64. The van der Waals surface area contributed by atoms with Crippen LogP contribution in [-0.4, -0.2) is 51.4 Å². The maximum atomic E-state index is 12.4. The first-order valence-electron chi connectivity index (χ1n) is 8.20. The van der Waals surface area contributed by atoms with Gasteiger partial charge in [-0.05, 0) is 36.4 Å². The molecule has 0 fully saturated rings. The van der Waals surface area contributed by atoms with Gasteiger partial charge in [0, 0.05) is 19.7 Å². The minimum Gasteiger partial charge on any atom is -0.343 e. The number of nitrogens with zero attached hydrogens (tertiary/aromatic N) is 1. The van der Waals surface area contributed by atoms with Crippen molar-refractivity contribution in [2.24, 2.45) is 0 Å². The molecule has 29 heavy (non-hydrogen) atoms. The fourth-order valence-electron chi connectivity index (χ4n) is 2.25. The average molecular weight is 429 g/mol. The highest BCUT2D eigenvalue weighted by molar-refractivity contribution is 7.89. The van der Waals surface area contributed by atoms with Crippen LogP contribution in [0.5, 0.6) is 0 Å². The van der Waals surface area contributed by atoms with Crippen LogP contribution >= 0.6 is 0 Å². The molecule has 0 bridgehead atoms. The van der Waals surface area contributed by atoms with Crippen LogP contribution in [0.2, 0.25) is 0 Å². The zero-order chi connectivity index (χ0) is 21.8. The molecular weight excluding hydrogens is 411 g/mol. The molecule has 0 aliphatic heterocycles. The molecule has 2 aromatic carbocycles. The number of sulfonamides is 1. The number of carbonyl (C=O) groups is 2. The fraction of sp³-hybridized carbons (Fsp3) is 0.222. The Morgan fingerprint density at radius 3 is 2.10 bits per heavy atom. The van der Waals surface area contributed by atoms with Gasteiger partial charge in [-0.15, -0.1) is 0 Å². The summed E-state index contributed by atoms with van der Waals surface area (Å²) in [6.45, 7) is -1.50. The van der Waals surface area contributed by atoms with E-state index in [1.807, 2.05) is 0 Å². The fourth-order valence-corrected chi connectivity index (χ4v) is 3.15. The van der Waals surface area contributed by atoms with Crippen LogP contribution in [0.4, 0.5) is 18.9 Å². The van der Waals surface area contributed by atoms with Crippen LogP contribution < -0.4 is 10.6 Å². The zero-order valence-corrected chi connectivity index (χ0v) is 16.3. The Hall–Kier alpha value is -2.92. The molecule has 0 unspecified atom stereocenters. The molecule has 0 aliphatic carbocycles. The van der Waals surface area contributed by atoms with Crippen molar-refractivity contribution in [3.63, 3.8) is 0 Å². The van der Waals surface area contributed by atoms with Crippen LogP contribution in [0.25, 0.3) is 0 Å². The number of hydrogen-bond donors (Lipinski definition) is 2. The van der Waals surface area contributed by atoms with Crippen LogP contribution in [0.15, 0.2) is 53.4 Å². The first-order chi connectivity index (χ1) is 13.4. The molecule has 0 spiro atoms. The molecule has 11 heteroatoms. The van der Waals surface area contributed by atoms with E-state index < -0.39 is 34.6 Å². The Morgan fingerprint density at radius 1 is 0.966 bits per heavy atom. The molecule has 0 saturated heterocycles. The van der Waals surface area contributed by atoms with Crippen molar-refractivity contribution in [2.75, 3.05) is 26.0 Å². The van der Waals surface area contributed by atoms with Crippen molar-refractivity contribution in [1.29, 1.82) is 0 Å². The predicted octanol–water partition coefficient (Wildman–Crippen LogP) is 2.48. The second kappa shape index (κ2) is 8.62. The molecule has 2 N–H and O–H groups in total. The number of hydrogen-bond acceptors (Lipinski definition) is 4. The minimum atomic E-state index is -4.57. The van der Waals surface area contributed by atoms with E-state index in [1.165, 1.54) is 62.6 Å². The molecule has 0 atom stereocenters. The second-order valence-corrected chi connectivity index (χ2v) is 8.26. The summed E-state index contributed by atoms with van der Waals surface area (Å²) in [6, 6.07) is 10.7. The number of alkyl halides is 3. The van der Waals surface area contributed by atoms with Gasteiger partial charge in [-0.3, -0.25) is 9.59 Å². The van der Waals surface area contributed by atoms with Gasteiger partial charge >= 0.3 is 6.18 Å². The van der Waals surface area contributed by atoms with E-state index in [2.05, 4.69) is 5.32 Å². The van der Waals surface area contributed by atoms with Crippen molar-refractivity contribution >= 4 is 27.5 Å².